The molecule has 7 nitrogen and oxygen atoms in total. The molecule has 2 aromatic heterocycles. The van der Waals surface area contributed by atoms with Gasteiger partial charge in [-0.25, -0.2) is 0 Å². The number of hydrogen-bond donors (Lipinski definition) is 0. The molecule has 0 spiro atoms. The van der Waals surface area contributed by atoms with Gasteiger partial charge < -0.3 is 4.42 Å². The molecule has 148 valence electrons. The molecule has 0 radical (unpaired) electrons. The predicted molar refractivity (Wildman–Crippen MR) is 108 cm³/mol. The van der Waals surface area contributed by atoms with Gasteiger partial charge in [-0.05, 0) is 30.9 Å². The van der Waals surface area contributed by atoms with Gasteiger partial charge in [-0.3, -0.25) is 0 Å². The van der Waals surface area contributed by atoms with Crippen LogP contribution in [0.4, 0.5) is 0 Å². The van der Waals surface area contributed by atoms with E-state index in [2.05, 4.69) is 25.6 Å². The number of hydrogen-bond acceptors (Lipinski definition) is 7. The van der Waals surface area contributed by atoms with Crippen molar-refractivity contribution in [2.45, 2.75) is 69.1 Å². The average molecular weight is 399 g/mol. The highest BCUT2D eigenvalue weighted by molar-refractivity contribution is 7.99. The Hall–Kier alpha value is -2.22. The maximum absolute atomic E-state index is 5.85. The third-order valence-electron chi connectivity index (χ3n) is 5.09. The summed E-state index contributed by atoms with van der Waals surface area (Å²) in [7, 11) is 0. The third kappa shape index (κ3) is 5.19. The molecule has 0 N–H and O–H groups in total. The molecular weight excluding hydrogens is 372 g/mol. The van der Waals surface area contributed by atoms with Gasteiger partial charge >= 0.3 is 0 Å². The van der Waals surface area contributed by atoms with E-state index in [1.165, 1.54) is 32.1 Å². The van der Waals surface area contributed by atoms with Crippen LogP contribution in [0.5, 0.6) is 0 Å². The van der Waals surface area contributed by atoms with Gasteiger partial charge in [0.25, 0.3) is 5.22 Å². The molecular formula is C20H26N6OS. The smallest absolute Gasteiger partial charge is 0.276 e. The van der Waals surface area contributed by atoms with Crippen LogP contribution in [0.25, 0.3) is 11.4 Å². The quantitative estimate of drug-likeness (QED) is 0.380. The fourth-order valence-electron chi connectivity index (χ4n) is 3.53. The van der Waals surface area contributed by atoms with E-state index in [9.17, 15) is 0 Å². The zero-order chi connectivity index (χ0) is 19.0. The van der Waals surface area contributed by atoms with Gasteiger partial charge in [0.05, 0.1) is 6.54 Å². The SMILES string of the molecule is c1ccc(-c2nnn(CCCCCSc3nnc(C4CCCCC4)o3)n2)cc1. The van der Waals surface area contributed by atoms with Crippen molar-refractivity contribution < 1.29 is 4.42 Å². The lowest BCUT2D eigenvalue weighted by molar-refractivity contribution is 0.334. The average Bonchev–Trinajstić information content (AvgIpc) is 3.42. The Morgan fingerprint density at radius 3 is 2.68 bits per heavy atom. The van der Waals surface area contributed by atoms with Gasteiger partial charge in [0.2, 0.25) is 11.7 Å². The molecule has 1 fully saturated rings. The number of aryl methyl sites for hydroxylation is 1. The molecule has 1 aliphatic carbocycles. The summed E-state index contributed by atoms with van der Waals surface area (Å²) in [4.78, 5) is 1.68. The molecule has 1 saturated carbocycles. The van der Waals surface area contributed by atoms with Crippen molar-refractivity contribution in [2.24, 2.45) is 0 Å². The molecule has 1 aliphatic rings. The first-order valence-electron chi connectivity index (χ1n) is 10.2. The number of nitrogens with zero attached hydrogens (tertiary/aromatic N) is 6. The molecule has 0 atom stereocenters. The van der Waals surface area contributed by atoms with E-state index in [4.69, 9.17) is 4.42 Å². The van der Waals surface area contributed by atoms with Gasteiger partial charge in [0.1, 0.15) is 0 Å². The first kappa shape index (κ1) is 19.1. The van der Waals surface area contributed by atoms with Crippen LogP contribution >= 0.6 is 11.8 Å². The Kier molecular flexibility index (Phi) is 6.70. The normalized spacial score (nSPS) is 15.1. The standard InChI is InChI=1S/C20H26N6OS/c1-4-10-16(11-5-1)18-21-25-26(24-18)14-8-3-9-15-28-20-23-22-19(27-20)17-12-6-2-7-13-17/h1,4-5,10-11,17H,2-3,6-9,12-15H2. The molecule has 28 heavy (non-hydrogen) atoms. The minimum atomic E-state index is 0.478. The fourth-order valence-corrected chi connectivity index (χ4v) is 4.29. The van der Waals surface area contributed by atoms with Crippen LogP contribution in [0.15, 0.2) is 40.0 Å². The molecule has 0 saturated heterocycles. The highest BCUT2D eigenvalue weighted by Crippen LogP contribution is 2.33. The number of rotatable bonds is 9. The van der Waals surface area contributed by atoms with E-state index < -0.39 is 0 Å². The second-order valence-corrected chi connectivity index (χ2v) is 8.27. The van der Waals surface area contributed by atoms with Crippen LogP contribution in [0, 0.1) is 0 Å². The molecule has 1 aromatic carbocycles. The zero-order valence-electron chi connectivity index (χ0n) is 16.0. The molecule has 4 rings (SSSR count). The minimum Gasteiger partial charge on any atom is -0.416 e. The lowest BCUT2D eigenvalue weighted by Gasteiger charge is -2.17. The first-order valence-corrected chi connectivity index (χ1v) is 11.2. The molecule has 0 unspecified atom stereocenters. The summed E-state index contributed by atoms with van der Waals surface area (Å²) in [5.41, 5.74) is 0.998. The lowest BCUT2D eigenvalue weighted by Crippen LogP contribution is -2.04. The Morgan fingerprint density at radius 1 is 0.964 bits per heavy atom. The maximum atomic E-state index is 5.85. The fraction of sp³-hybridized carbons (Fsp3) is 0.550. The monoisotopic (exact) mass is 398 g/mol. The van der Waals surface area contributed by atoms with Gasteiger partial charge in [-0.1, -0.05) is 67.8 Å². The van der Waals surface area contributed by atoms with Crippen molar-refractivity contribution in [1.29, 1.82) is 0 Å². The molecule has 8 heteroatoms. The second-order valence-electron chi connectivity index (χ2n) is 7.23. The zero-order valence-corrected chi connectivity index (χ0v) is 16.9. The van der Waals surface area contributed by atoms with Crippen LogP contribution < -0.4 is 0 Å². The van der Waals surface area contributed by atoms with E-state index in [0.717, 1.165) is 43.0 Å². The second kappa shape index (κ2) is 9.82. The van der Waals surface area contributed by atoms with E-state index >= 15 is 0 Å². The van der Waals surface area contributed by atoms with Crippen molar-refractivity contribution in [3.8, 4) is 11.4 Å². The van der Waals surface area contributed by atoms with Crippen molar-refractivity contribution in [3.63, 3.8) is 0 Å². The summed E-state index contributed by atoms with van der Waals surface area (Å²) in [5, 5.41) is 21.9. The summed E-state index contributed by atoms with van der Waals surface area (Å²) < 4.78 is 5.85. The summed E-state index contributed by atoms with van der Waals surface area (Å²) in [6, 6.07) is 9.94. The summed E-state index contributed by atoms with van der Waals surface area (Å²) in [6.07, 6.45) is 9.52. The highest BCUT2D eigenvalue weighted by Gasteiger charge is 2.21. The summed E-state index contributed by atoms with van der Waals surface area (Å²) in [5.74, 6) is 2.99. The van der Waals surface area contributed by atoms with Gasteiger partial charge in [-0.15, -0.1) is 20.4 Å². The lowest BCUT2D eigenvalue weighted by atomic mass is 9.89. The third-order valence-corrected chi connectivity index (χ3v) is 5.99. The van der Waals surface area contributed by atoms with Crippen LogP contribution in [0.2, 0.25) is 0 Å². The van der Waals surface area contributed by atoms with Crippen molar-refractivity contribution in [2.75, 3.05) is 5.75 Å². The number of unbranched alkanes of at least 4 members (excludes halogenated alkanes) is 2. The maximum Gasteiger partial charge on any atom is 0.276 e. The summed E-state index contributed by atoms with van der Waals surface area (Å²) in [6.45, 7) is 0.789. The van der Waals surface area contributed by atoms with Gasteiger partial charge in [0, 0.05) is 17.2 Å². The molecule has 2 heterocycles. The van der Waals surface area contributed by atoms with E-state index in [1.807, 2.05) is 30.3 Å². The van der Waals surface area contributed by atoms with Crippen LogP contribution in [0.1, 0.15) is 63.2 Å². The number of aromatic nitrogens is 6. The minimum absolute atomic E-state index is 0.478. The molecule has 0 aliphatic heterocycles. The highest BCUT2D eigenvalue weighted by atomic mass is 32.2. The first-order chi connectivity index (χ1) is 13.9. The van der Waals surface area contributed by atoms with Gasteiger partial charge in [0.15, 0.2) is 0 Å². The Bertz CT molecular complexity index is 843. The van der Waals surface area contributed by atoms with Crippen molar-refractivity contribution in [3.05, 3.63) is 36.2 Å². The molecule has 0 amide bonds. The Balaban J connectivity index is 1.13. The topological polar surface area (TPSA) is 82.5 Å². The predicted octanol–water partition coefficient (Wildman–Crippen LogP) is 4.73. The van der Waals surface area contributed by atoms with E-state index in [1.54, 1.807) is 16.6 Å². The van der Waals surface area contributed by atoms with Crippen LogP contribution in [-0.4, -0.2) is 36.2 Å². The van der Waals surface area contributed by atoms with Gasteiger partial charge in [-0.2, -0.15) is 4.80 Å². The van der Waals surface area contributed by atoms with Crippen LogP contribution in [0.3, 0.4) is 0 Å². The van der Waals surface area contributed by atoms with E-state index in [0.29, 0.717) is 17.0 Å². The largest absolute Gasteiger partial charge is 0.416 e. The molecule has 0 bridgehead atoms. The van der Waals surface area contributed by atoms with Crippen LogP contribution in [-0.2, 0) is 6.54 Å². The number of tetrazole rings is 1. The Labute approximate surface area is 169 Å². The van der Waals surface area contributed by atoms with E-state index in [-0.39, 0.29) is 0 Å². The summed E-state index contributed by atoms with van der Waals surface area (Å²) >= 11 is 1.66. The van der Waals surface area contributed by atoms with Crippen molar-refractivity contribution >= 4 is 11.8 Å². The van der Waals surface area contributed by atoms with Crippen molar-refractivity contribution in [1.82, 2.24) is 30.4 Å². The Morgan fingerprint density at radius 2 is 1.82 bits per heavy atom. The number of thioether (sulfide) groups is 1. The number of benzene rings is 1. The molecule has 3 aromatic rings.